The third-order valence-electron chi connectivity index (χ3n) is 4.13. The Hall–Kier alpha value is -2.38. The zero-order valence-electron chi connectivity index (χ0n) is 13.9. The summed E-state index contributed by atoms with van der Waals surface area (Å²) in [6.07, 6.45) is 0. The Bertz CT molecular complexity index is 752. The number of hydrogen-bond donors (Lipinski definition) is 1. The van der Waals surface area contributed by atoms with Gasteiger partial charge in [-0.2, -0.15) is 0 Å². The van der Waals surface area contributed by atoms with Crippen molar-refractivity contribution in [2.45, 2.75) is 0 Å². The smallest absolute Gasteiger partial charge is 0.273 e. The molecular formula is C17H19ClN4O3. The lowest BCUT2D eigenvalue weighted by Gasteiger charge is -2.32. The zero-order valence-corrected chi connectivity index (χ0v) is 14.6. The van der Waals surface area contributed by atoms with Crippen molar-refractivity contribution in [2.75, 3.05) is 39.8 Å². The molecular weight excluding hydrogens is 344 g/mol. The predicted molar refractivity (Wildman–Crippen MR) is 93.4 cm³/mol. The minimum Gasteiger partial charge on any atom is -0.355 e. The van der Waals surface area contributed by atoms with E-state index in [4.69, 9.17) is 16.1 Å². The first-order valence-electron chi connectivity index (χ1n) is 8.00. The second-order valence-electron chi connectivity index (χ2n) is 5.95. The molecule has 2 aromatic rings. The minimum atomic E-state index is -0.438. The van der Waals surface area contributed by atoms with Crippen molar-refractivity contribution in [3.05, 3.63) is 41.0 Å². The maximum atomic E-state index is 12.1. The molecule has 1 aliphatic rings. The summed E-state index contributed by atoms with van der Waals surface area (Å²) in [6, 6.07) is 8.56. The van der Waals surface area contributed by atoms with Gasteiger partial charge in [0.25, 0.3) is 5.91 Å². The van der Waals surface area contributed by atoms with Crippen molar-refractivity contribution in [1.82, 2.24) is 20.3 Å². The van der Waals surface area contributed by atoms with Gasteiger partial charge in [0, 0.05) is 42.8 Å². The molecule has 1 N–H and O–H groups in total. The maximum Gasteiger partial charge on any atom is 0.273 e. The maximum absolute atomic E-state index is 12.1. The molecule has 8 heteroatoms. The van der Waals surface area contributed by atoms with Gasteiger partial charge in [0.15, 0.2) is 11.5 Å². The molecule has 7 nitrogen and oxygen atoms in total. The van der Waals surface area contributed by atoms with Crippen LogP contribution in [0.15, 0.2) is 34.9 Å². The van der Waals surface area contributed by atoms with Crippen LogP contribution in [0.3, 0.4) is 0 Å². The molecule has 3 rings (SSSR count). The Morgan fingerprint density at radius 1 is 1.20 bits per heavy atom. The van der Waals surface area contributed by atoms with Gasteiger partial charge in [0.2, 0.25) is 5.91 Å². The van der Waals surface area contributed by atoms with Crippen LogP contribution in [0.4, 0.5) is 0 Å². The summed E-state index contributed by atoms with van der Waals surface area (Å²) in [6.45, 7) is 2.98. The van der Waals surface area contributed by atoms with E-state index < -0.39 is 5.91 Å². The van der Waals surface area contributed by atoms with Crippen LogP contribution < -0.4 is 5.32 Å². The number of nitrogens with zero attached hydrogens (tertiary/aromatic N) is 3. The van der Waals surface area contributed by atoms with Gasteiger partial charge in [0.1, 0.15) is 0 Å². The van der Waals surface area contributed by atoms with Crippen LogP contribution in [0.2, 0.25) is 5.02 Å². The Morgan fingerprint density at radius 3 is 2.56 bits per heavy atom. The molecule has 0 radical (unpaired) electrons. The number of piperazine rings is 1. The van der Waals surface area contributed by atoms with E-state index in [1.165, 1.54) is 0 Å². The van der Waals surface area contributed by atoms with E-state index in [9.17, 15) is 9.59 Å². The van der Waals surface area contributed by atoms with Crippen LogP contribution in [0.1, 0.15) is 10.5 Å². The van der Waals surface area contributed by atoms with E-state index in [0.717, 1.165) is 18.7 Å². The SMILES string of the molecule is CN1CCN(C(=O)CNC(=O)c2cc(-c3ccc(Cl)cc3)on2)CC1. The molecule has 1 aromatic heterocycles. The highest BCUT2D eigenvalue weighted by molar-refractivity contribution is 6.30. The molecule has 1 fully saturated rings. The number of aromatic nitrogens is 1. The van der Waals surface area contributed by atoms with Crippen LogP contribution in [-0.2, 0) is 4.79 Å². The molecule has 0 spiro atoms. The molecule has 0 atom stereocenters. The number of nitrogens with one attached hydrogen (secondary N) is 1. The lowest BCUT2D eigenvalue weighted by Crippen LogP contribution is -2.50. The predicted octanol–water partition coefficient (Wildman–Crippen LogP) is 1.50. The second-order valence-corrected chi connectivity index (χ2v) is 6.39. The largest absolute Gasteiger partial charge is 0.355 e. The van der Waals surface area contributed by atoms with E-state index >= 15 is 0 Å². The summed E-state index contributed by atoms with van der Waals surface area (Å²) >= 11 is 5.85. The Morgan fingerprint density at radius 2 is 1.88 bits per heavy atom. The van der Waals surface area contributed by atoms with E-state index in [2.05, 4.69) is 15.4 Å². The molecule has 2 heterocycles. The van der Waals surface area contributed by atoms with Crippen molar-refractivity contribution >= 4 is 23.4 Å². The fourth-order valence-electron chi connectivity index (χ4n) is 2.55. The number of carbonyl (C=O) groups excluding carboxylic acids is 2. The third kappa shape index (κ3) is 4.37. The third-order valence-corrected chi connectivity index (χ3v) is 4.38. The first-order chi connectivity index (χ1) is 12.0. The molecule has 2 amide bonds. The quantitative estimate of drug-likeness (QED) is 0.891. The number of amides is 2. The highest BCUT2D eigenvalue weighted by atomic mass is 35.5. The van der Waals surface area contributed by atoms with Crippen LogP contribution in [-0.4, -0.2) is 66.5 Å². The van der Waals surface area contributed by atoms with Crippen molar-refractivity contribution in [1.29, 1.82) is 0 Å². The highest BCUT2D eigenvalue weighted by Gasteiger charge is 2.20. The van der Waals surface area contributed by atoms with Gasteiger partial charge >= 0.3 is 0 Å². The summed E-state index contributed by atoms with van der Waals surface area (Å²) in [4.78, 5) is 28.2. The zero-order chi connectivity index (χ0) is 17.8. The second kappa shape index (κ2) is 7.67. The number of benzene rings is 1. The molecule has 0 unspecified atom stereocenters. The monoisotopic (exact) mass is 362 g/mol. The van der Waals surface area contributed by atoms with Gasteiger partial charge in [-0.3, -0.25) is 9.59 Å². The standard InChI is InChI=1S/C17H19ClN4O3/c1-21-6-8-22(9-7-21)16(23)11-19-17(24)14-10-15(25-20-14)12-2-4-13(18)5-3-12/h2-5,10H,6-9,11H2,1H3,(H,19,24). The Kier molecular flexibility index (Phi) is 5.35. The van der Waals surface area contributed by atoms with Gasteiger partial charge in [-0.25, -0.2) is 0 Å². The fraction of sp³-hybridized carbons (Fsp3) is 0.353. The lowest BCUT2D eigenvalue weighted by atomic mass is 10.1. The van der Waals surface area contributed by atoms with Crippen LogP contribution in [0, 0.1) is 0 Å². The van der Waals surface area contributed by atoms with Crippen molar-refractivity contribution in [3.8, 4) is 11.3 Å². The first kappa shape index (κ1) is 17.4. The summed E-state index contributed by atoms with van der Waals surface area (Å²) < 4.78 is 5.19. The molecule has 0 aliphatic carbocycles. The molecule has 25 heavy (non-hydrogen) atoms. The number of carbonyl (C=O) groups is 2. The highest BCUT2D eigenvalue weighted by Crippen LogP contribution is 2.22. The number of likely N-dealkylation sites (N-methyl/N-ethyl adjacent to an activating group) is 1. The number of hydrogen-bond acceptors (Lipinski definition) is 5. The molecule has 0 bridgehead atoms. The van der Waals surface area contributed by atoms with Crippen LogP contribution in [0.25, 0.3) is 11.3 Å². The van der Waals surface area contributed by atoms with Gasteiger partial charge in [-0.05, 0) is 31.3 Å². The molecule has 1 aliphatic heterocycles. The molecule has 1 saturated heterocycles. The van der Waals surface area contributed by atoms with Gasteiger partial charge < -0.3 is 19.6 Å². The van der Waals surface area contributed by atoms with E-state index in [0.29, 0.717) is 23.9 Å². The molecule has 1 aromatic carbocycles. The normalized spacial score (nSPS) is 15.2. The average molecular weight is 363 g/mol. The molecule has 132 valence electrons. The Labute approximate surface area is 150 Å². The van der Waals surface area contributed by atoms with Gasteiger partial charge in [-0.15, -0.1) is 0 Å². The minimum absolute atomic E-state index is 0.0499. The van der Waals surface area contributed by atoms with Gasteiger partial charge in [0.05, 0.1) is 6.54 Å². The van der Waals surface area contributed by atoms with E-state index in [-0.39, 0.29) is 18.1 Å². The molecule has 0 saturated carbocycles. The van der Waals surface area contributed by atoms with Crippen molar-refractivity contribution < 1.29 is 14.1 Å². The summed E-state index contributed by atoms with van der Waals surface area (Å²) in [5, 5.41) is 6.97. The van der Waals surface area contributed by atoms with E-state index in [1.54, 1.807) is 35.2 Å². The van der Waals surface area contributed by atoms with Crippen LogP contribution in [0.5, 0.6) is 0 Å². The van der Waals surface area contributed by atoms with Gasteiger partial charge in [-0.1, -0.05) is 16.8 Å². The lowest BCUT2D eigenvalue weighted by molar-refractivity contribution is -0.131. The van der Waals surface area contributed by atoms with Crippen molar-refractivity contribution in [2.24, 2.45) is 0 Å². The average Bonchev–Trinajstić information content (AvgIpc) is 3.11. The van der Waals surface area contributed by atoms with Crippen LogP contribution >= 0.6 is 11.6 Å². The summed E-state index contributed by atoms with van der Waals surface area (Å²) in [5.41, 5.74) is 0.903. The summed E-state index contributed by atoms with van der Waals surface area (Å²) in [7, 11) is 2.02. The number of halogens is 1. The Balaban J connectivity index is 1.55. The topological polar surface area (TPSA) is 78.7 Å². The van der Waals surface area contributed by atoms with Crippen molar-refractivity contribution in [3.63, 3.8) is 0 Å². The fourth-order valence-corrected chi connectivity index (χ4v) is 2.67. The first-order valence-corrected chi connectivity index (χ1v) is 8.38. The summed E-state index contributed by atoms with van der Waals surface area (Å²) in [5.74, 6) is -0.0680. The van der Waals surface area contributed by atoms with E-state index in [1.807, 2.05) is 7.05 Å². The number of rotatable bonds is 4.